The van der Waals surface area contributed by atoms with Crippen LogP contribution in [0.5, 0.6) is 23.0 Å². The molecule has 2 heterocycles. The Bertz CT molecular complexity index is 1110. The van der Waals surface area contributed by atoms with E-state index in [-0.39, 0.29) is 12.4 Å². The molecule has 0 N–H and O–H groups in total. The minimum absolute atomic E-state index is 0.308. The Hall–Kier alpha value is -3.80. The molecule has 0 saturated heterocycles. The van der Waals surface area contributed by atoms with Crippen molar-refractivity contribution in [2.75, 3.05) is 19.8 Å². The molecule has 6 nitrogen and oxygen atoms in total. The SMILES string of the molecule is O=C(COC(=O)C1c2ccccc2Oc2ccccc21)c1ccc2c(c1)OCCCO2. The van der Waals surface area contributed by atoms with Crippen LogP contribution in [0.1, 0.15) is 33.8 Å². The summed E-state index contributed by atoms with van der Waals surface area (Å²) in [6.07, 6.45) is 0.781. The molecule has 0 aliphatic carbocycles. The maximum atomic E-state index is 13.1. The quantitative estimate of drug-likeness (QED) is 0.460. The fourth-order valence-electron chi connectivity index (χ4n) is 3.80. The first kappa shape index (κ1) is 19.2. The highest BCUT2D eigenvalue weighted by Gasteiger charge is 2.34. The molecular formula is C25H20O6. The summed E-state index contributed by atoms with van der Waals surface area (Å²) >= 11 is 0. The first-order chi connectivity index (χ1) is 15.2. The van der Waals surface area contributed by atoms with Crippen molar-refractivity contribution in [3.63, 3.8) is 0 Å². The van der Waals surface area contributed by atoms with E-state index >= 15 is 0 Å². The second-order valence-corrected chi connectivity index (χ2v) is 7.35. The zero-order valence-electron chi connectivity index (χ0n) is 16.7. The number of benzene rings is 3. The minimum Gasteiger partial charge on any atom is -0.490 e. The third-order valence-corrected chi connectivity index (χ3v) is 5.33. The van der Waals surface area contributed by atoms with Gasteiger partial charge in [0.05, 0.1) is 13.2 Å². The molecule has 0 amide bonds. The number of esters is 1. The molecule has 0 bridgehead atoms. The average Bonchev–Trinajstić information content (AvgIpc) is 3.05. The maximum Gasteiger partial charge on any atom is 0.318 e. The van der Waals surface area contributed by atoms with Gasteiger partial charge in [-0.25, -0.2) is 0 Å². The second-order valence-electron chi connectivity index (χ2n) is 7.35. The van der Waals surface area contributed by atoms with Gasteiger partial charge in [-0.2, -0.15) is 0 Å². The Labute approximate surface area is 179 Å². The molecule has 2 aliphatic rings. The lowest BCUT2D eigenvalue weighted by atomic mass is 9.88. The fraction of sp³-hybridized carbons (Fsp3) is 0.200. The smallest absolute Gasteiger partial charge is 0.318 e. The van der Waals surface area contributed by atoms with Crippen LogP contribution in [0.3, 0.4) is 0 Å². The Morgan fingerprint density at radius 1 is 0.806 bits per heavy atom. The molecule has 0 saturated carbocycles. The monoisotopic (exact) mass is 416 g/mol. The van der Waals surface area contributed by atoms with E-state index in [1.165, 1.54) is 0 Å². The number of Topliss-reactive ketones (excluding diaryl/α,β-unsaturated/α-hetero) is 1. The number of para-hydroxylation sites is 2. The summed E-state index contributed by atoms with van der Waals surface area (Å²) in [5, 5.41) is 0. The van der Waals surface area contributed by atoms with Crippen molar-refractivity contribution in [3.8, 4) is 23.0 Å². The number of hydrogen-bond donors (Lipinski definition) is 0. The van der Waals surface area contributed by atoms with E-state index in [9.17, 15) is 9.59 Å². The number of hydrogen-bond acceptors (Lipinski definition) is 6. The topological polar surface area (TPSA) is 71.1 Å². The van der Waals surface area contributed by atoms with Crippen molar-refractivity contribution in [1.82, 2.24) is 0 Å². The van der Waals surface area contributed by atoms with Gasteiger partial charge >= 0.3 is 5.97 Å². The van der Waals surface area contributed by atoms with Crippen LogP contribution in [0.15, 0.2) is 66.7 Å². The molecule has 0 atom stereocenters. The van der Waals surface area contributed by atoms with E-state index < -0.39 is 11.9 Å². The minimum atomic E-state index is -0.655. The summed E-state index contributed by atoms with van der Waals surface area (Å²) in [5.41, 5.74) is 1.84. The summed E-state index contributed by atoms with van der Waals surface area (Å²) in [7, 11) is 0. The normalized spacial score (nSPS) is 14.5. The standard InChI is InChI=1S/C25H20O6/c26-19(16-10-11-22-23(14-16)29-13-5-12-28-22)15-30-25(27)24-17-6-1-3-8-20(17)31-21-9-4-2-7-18(21)24/h1-4,6-11,14,24H,5,12-13,15H2. The molecule has 2 aliphatic heterocycles. The number of rotatable bonds is 4. The molecular weight excluding hydrogens is 396 g/mol. The molecule has 156 valence electrons. The Morgan fingerprint density at radius 2 is 1.45 bits per heavy atom. The molecule has 3 aromatic rings. The van der Waals surface area contributed by atoms with Gasteiger partial charge in [0.2, 0.25) is 0 Å². The second kappa shape index (κ2) is 8.14. The van der Waals surface area contributed by atoms with Crippen molar-refractivity contribution >= 4 is 11.8 Å². The Morgan fingerprint density at radius 3 is 2.16 bits per heavy atom. The van der Waals surface area contributed by atoms with Crippen molar-refractivity contribution in [1.29, 1.82) is 0 Å². The van der Waals surface area contributed by atoms with Crippen molar-refractivity contribution in [2.24, 2.45) is 0 Å². The number of ether oxygens (including phenoxy) is 4. The average molecular weight is 416 g/mol. The zero-order chi connectivity index (χ0) is 21.2. The van der Waals surface area contributed by atoms with Crippen LogP contribution >= 0.6 is 0 Å². The van der Waals surface area contributed by atoms with E-state index in [1.807, 2.05) is 48.5 Å². The van der Waals surface area contributed by atoms with Crippen LogP contribution in [-0.4, -0.2) is 31.6 Å². The molecule has 6 heteroatoms. The van der Waals surface area contributed by atoms with E-state index in [2.05, 4.69) is 0 Å². The first-order valence-electron chi connectivity index (χ1n) is 10.2. The summed E-state index contributed by atoms with van der Waals surface area (Å²) < 4.78 is 22.6. The molecule has 31 heavy (non-hydrogen) atoms. The molecule has 0 aromatic heterocycles. The lowest BCUT2D eigenvalue weighted by molar-refractivity contribution is -0.143. The highest BCUT2D eigenvalue weighted by Crippen LogP contribution is 2.44. The maximum absolute atomic E-state index is 13.1. The fourth-order valence-corrected chi connectivity index (χ4v) is 3.80. The van der Waals surface area contributed by atoms with Crippen LogP contribution in [0.25, 0.3) is 0 Å². The van der Waals surface area contributed by atoms with Gasteiger partial charge in [-0.3, -0.25) is 9.59 Å². The van der Waals surface area contributed by atoms with Gasteiger partial charge < -0.3 is 18.9 Å². The van der Waals surface area contributed by atoms with Gasteiger partial charge in [-0.1, -0.05) is 36.4 Å². The van der Waals surface area contributed by atoms with Crippen LogP contribution in [0, 0.1) is 0 Å². The van der Waals surface area contributed by atoms with Crippen LogP contribution in [-0.2, 0) is 9.53 Å². The van der Waals surface area contributed by atoms with Gasteiger partial charge in [-0.05, 0) is 30.3 Å². The van der Waals surface area contributed by atoms with Crippen LogP contribution in [0.2, 0.25) is 0 Å². The number of carbonyl (C=O) groups excluding carboxylic acids is 2. The van der Waals surface area contributed by atoms with E-state index in [0.29, 0.717) is 52.9 Å². The number of fused-ring (bicyclic) bond motifs is 3. The third-order valence-electron chi connectivity index (χ3n) is 5.33. The summed E-state index contributed by atoms with van der Waals surface area (Å²) in [4.78, 5) is 25.8. The predicted octanol–water partition coefficient (Wildman–Crippen LogP) is 4.51. The lowest BCUT2D eigenvalue weighted by Crippen LogP contribution is -2.23. The molecule has 0 fully saturated rings. The Balaban J connectivity index is 1.34. The predicted molar refractivity (Wildman–Crippen MR) is 112 cm³/mol. The lowest BCUT2D eigenvalue weighted by Gasteiger charge is -2.26. The van der Waals surface area contributed by atoms with Gasteiger partial charge in [0.1, 0.15) is 17.4 Å². The van der Waals surface area contributed by atoms with Gasteiger partial charge in [0.15, 0.2) is 23.9 Å². The van der Waals surface area contributed by atoms with Crippen LogP contribution in [0.4, 0.5) is 0 Å². The molecule has 0 spiro atoms. The summed E-state index contributed by atoms with van der Waals surface area (Å²) in [5.74, 6) is 0.902. The van der Waals surface area contributed by atoms with Gasteiger partial charge in [-0.15, -0.1) is 0 Å². The largest absolute Gasteiger partial charge is 0.490 e. The Kier molecular flexibility index (Phi) is 5.04. The van der Waals surface area contributed by atoms with E-state index in [1.54, 1.807) is 18.2 Å². The number of carbonyl (C=O) groups is 2. The van der Waals surface area contributed by atoms with Crippen molar-refractivity contribution < 1.29 is 28.5 Å². The van der Waals surface area contributed by atoms with E-state index in [4.69, 9.17) is 18.9 Å². The highest BCUT2D eigenvalue weighted by molar-refractivity contribution is 5.99. The molecule has 5 rings (SSSR count). The third kappa shape index (κ3) is 3.72. The highest BCUT2D eigenvalue weighted by atomic mass is 16.5. The zero-order valence-corrected chi connectivity index (χ0v) is 16.7. The van der Waals surface area contributed by atoms with Crippen molar-refractivity contribution in [3.05, 3.63) is 83.4 Å². The molecule has 3 aromatic carbocycles. The summed E-state index contributed by atoms with van der Waals surface area (Å²) in [6.45, 7) is 0.744. The summed E-state index contributed by atoms with van der Waals surface area (Å²) in [6, 6.07) is 19.7. The van der Waals surface area contributed by atoms with Crippen LogP contribution < -0.4 is 14.2 Å². The molecule has 0 radical (unpaired) electrons. The van der Waals surface area contributed by atoms with Gasteiger partial charge in [0.25, 0.3) is 0 Å². The van der Waals surface area contributed by atoms with E-state index in [0.717, 1.165) is 6.42 Å². The number of ketones is 1. The van der Waals surface area contributed by atoms with Crippen molar-refractivity contribution in [2.45, 2.75) is 12.3 Å². The van der Waals surface area contributed by atoms with Gasteiger partial charge in [0, 0.05) is 23.1 Å². The molecule has 0 unspecified atom stereocenters. The first-order valence-corrected chi connectivity index (χ1v) is 10.2.